The molecule has 2 heterocycles. The van der Waals surface area contributed by atoms with Crippen molar-refractivity contribution in [1.29, 1.82) is 0 Å². The van der Waals surface area contributed by atoms with Crippen molar-refractivity contribution in [2.75, 3.05) is 6.61 Å². The van der Waals surface area contributed by atoms with E-state index in [1.165, 1.54) is 11.3 Å². The van der Waals surface area contributed by atoms with Gasteiger partial charge in [-0.1, -0.05) is 5.16 Å². The van der Waals surface area contributed by atoms with E-state index in [0.29, 0.717) is 11.7 Å². The summed E-state index contributed by atoms with van der Waals surface area (Å²) in [4.78, 5) is 25.8. The highest BCUT2D eigenvalue weighted by molar-refractivity contribution is 7.08. The Kier molecular flexibility index (Phi) is 4.24. The SMILES string of the molecule is NC(=O)COC(=O)CCc1nc(-c2ccsc2)no1. The number of aryl methyl sites for hydroxylation is 1. The number of carbonyl (C=O) groups excluding carboxylic acids is 2. The number of hydrogen-bond acceptors (Lipinski definition) is 7. The molecule has 100 valence electrons. The molecule has 2 aromatic rings. The number of primary amides is 1. The lowest BCUT2D eigenvalue weighted by Crippen LogP contribution is -2.21. The van der Waals surface area contributed by atoms with Gasteiger partial charge in [0, 0.05) is 17.4 Å². The van der Waals surface area contributed by atoms with Gasteiger partial charge in [-0.05, 0) is 11.4 Å². The van der Waals surface area contributed by atoms with Gasteiger partial charge in [-0.15, -0.1) is 0 Å². The van der Waals surface area contributed by atoms with Gasteiger partial charge in [-0.25, -0.2) is 0 Å². The summed E-state index contributed by atoms with van der Waals surface area (Å²) in [6.07, 6.45) is 0.313. The Labute approximate surface area is 112 Å². The molecule has 0 bridgehead atoms. The smallest absolute Gasteiger partial charge is 0.306 e. The van der Waals surface area contributed by atoms with E-state index in [1.54, 1.807) is 0 Å². The fraction of sp³-hybridized carbons (Fsp3) is 0.273. The second-order valence-corrected chi connectivity index (χ2v) is 4.43. The minimum atomic E-state index is -0.689. The zero-order valence-corrected chi connectivity index (χ0v) is 10.7. The van der Waals surface area contributed by atoms with Crippen LogP contribution in [0.2, 0.25) is 0 Å². The Bertz CT molecular complexity index is 564. The van der Waals surface area contributed by atoms with E-state index in [9.17, 15) is 9.59 Å². The molecule has 2 N–H and O–H groups in total. The van der Waals surface area contributed by atoms with Crippen LogP contribution in [-0.4, -0.2) is 28.6 Å². The van der Waals surface area contributed by atoms with E-state index in [0.717, 1.165) is 5.56 Å². The van der Waals surface area contributed by atoms with Gasteiger partial charge in [-0.2, -0.15) is 16.3 Å². The highest BCUT2D eigenvalue weighted by atomic mass is 32.1. The molecule has 0 spiro atoms. The van der Waals surface area contributed by atoms with Gasteiger partial charge in [-0.3, -0.25) is 9.59 Å². The molecule has 0 unspecified atom stereocenters. The van der Waals surface area contributed by atoms with E-state index in [-0.39, 0.29) is 12.8 Å². The molecule has 0 saturated heterocycles. The van der Waals surface area contributed by atoms with Gasteiger partial charge in [0.1, 0.15) is 0 Å². The molecule has 0 saturated carbocycles. The van der Waals surface area contributed by atoms with Crippen molar-refractivity contribution in [3.05, 3.63) is 22.7 Å². The first-order chi connectivity index (χ1) is 9.15. The van der Waals surface area contributed by atoms with Crippen LogP contribution in [0.1, 0.15) is 12.3 Å². The molecule has 2 rings (SSSR count). The fourth-order valence-electron chi connectivity index (χ4n) is 1.30. The molecular weight excluding hydrogens is 270 g/mol. The molecule has 1 amide bonds. The number of amides is 1. The van der Waals surface area contributed by atoms with Crippen molar-refractivity contribution < 1.29 is 18.8 Å². The normalized spacial score (nSPS) is 10.3. The van der Waals surface area contributed by atoms with E-state index >= 15 is 0 Å². The second kappa shape index (κ2) is 6.10. The Morgan fingerprint density at radius 1 is 1.47 bits per heavy atom. The summed E-state index contributed by atoms with van der Waals surface area (Å²) in [5.74, 6) is -0.390. The van der Waals surface area contributed by atoms with Crippen molar-refractivity contribution in [1.82, 2.24) is 10.1 Å². The number of carbonyl (C=O) groups is 2. The zero-order chi connectivity index (χ0) is 13.7. The number of nitrogens with zero attached hydrogens (tertiary/aromatic N) is 2. The number of rotatable bonds is 6. The average molecular weight is 281 g/mol. The van der Waals surface area contributed by atoms with Gasteiger partial charge in [0.15, 0.2) is 6.61 Å². The molecule has 2 aromatic heterocycles. The molecule has 7 nitrogen and oxygen atoms in total. The van der Waals surface area contributed by atoms with Crippen molar-refractivity contribution in [3.8, 4) is 11.4 Å². The first kappa shape index (κ1) is 13.2. The molecule has 19 heavy (non-hydrogen) atoms. The van der Waals surface area contributed by atoms with Crippen LogP contribution in [0.25, 0.3) is 11.4 Å². The number of esters is 1. The molecular formula is C11H11N3O4S. The fourth-order valence-corrected chi connectivity index (χ4v) is 1.93. The van der Waals surface area contributed by atoms with Crippen LogP contribution < -0.4 is 5.73 Å². The molecule has 0 aliphatic heterocycles. The summed E-state index contributed by atoms with van der Waals surface area (Å²) in [5, 5.41) is 7.61. The van der Waals surface area contributed by atoms with Crippen LogP contribution in [0.5, 0.6) is 0 Å². The number of aromatic nitrogens is 2. The maximum Gasteiger partial charge on any atom is 0.306 e. The maximum absolute atomic E-state index is 11.2. The highest BCUT2D eigenvalue weighted by Gasteiger charge is 2.12. The van der Waals surface area contributed by atoms with E-state index in [1.807, 2.05) is 16.8 Å². The van der Waals surface area contributed by atoms with Crippen LogP contribution >= 0.6 is 11.3 Å². The zero-order valence-electron chi connectivity index (χ0n) is 9.87. The number of thiophene rings is 1. The summed E-state index contributed by atoms with van der Waals surface area (Å²) in [7, 11) is 0. The summed E-state index contributed by atoms with van der Waals surface area (Å²) < 4.78 is 9.61. The second-order valence-electron chi connectivity index (χ2n) is 3.65. The molecule has 0 aliphatic carbocycles. The molecule has 0 radical (unpaired) electrons. The first-order valence-electron chi connectivity index (χ1n) is 5.44. The van der Waals surface area contributed by atoms with Crippen molar-refractivity contribution in [2.24, 2.45) is 5.73 Å². The summed E-state index contributed by atoms with van der Waals surface area (Å²) >= 11 is 1.53. The van der Waals surface area contributed by atoms with Gasteiger partial charge in [0.25, 0.3) is 5.91 Å². The predicted molar refractivity (Wildman–Crippen MR) is 66.1 cm³/mol. The minimum absolute atomic E-state index is 0.0541. The Balaban J connectivity index is 1.84. The lowest BCUT2D eigenvalue weighted by molar-refractivity contribution is -0.147. The average Bonchev–Trinajstić information content (AvgIpc) is 3.03. The van der Waals surface area contributed by atoms with Crippen molar-refractivity contribution >= 4 is 23.2 Å². The van der Waals surface area contributed by atoms with E-state index in [4.69, 9.17) is 10.3 Å². The summed E-state index contributed by atoms with van der Waals surface area (Å²) in [5.41, 5.74) is 5.72. The van der Waals surface area contributed by atoms with Gasteiger partial charge >= 0.3 is 5.97 Å². The highest BCUT2D eigenvalue weighted by Crippen LogP contribution is 2.18. The lowest BCUT2D eigenvalue weighted by Gasteiger charge is -1.99. The quantitative estimate of drug-likeness (QED) is 0.783. The van der Waals surface area contributed by atoms with Crippen LogP contribution in [0, 0.1) is 0 Å². The topological polar surface area (TPSA) is 108 Å². The maximum atomic E-state index is 11.2. The monoisotopic (exact) mass is 281 g/mol. The largest absolute Gasteiger partial charge is 0.456 e. The van der Waals surface area contributed by atoms with Crippen LogP contribution in [0.4, 0.5) is 0 Å². The van der Waals surface area contributed by atoms with Gasteiger partial charge in [0.2, 0.25) is 11.7 Å². The Morgan fingerprint density at radius 2 is 2.32 bits per heavy atom. The molecule has 8 heteroatoms. The van der Waals surface area contributed by atoms with Crippen LogP contribution in [-0.2, 0) is 20.7 Å². The number of nitrogens with two attached hydrogens (primary N) is 1. The summed E-state index contributed by atoms with van der Waals surface area (Å²) in [6.45, 7) is -0.414. The third-order valence-electron chi connectivity index (χ3n) is 2.17. The number of hydrogen-bond donors (Lipinski definition) is 1. The number of ether oxygens (including phenoxy) is 1. The first-order valence-corrected chi connectivity index (χ1v) is 6.38. The third kappa shape index (κ3) is 3.88. The Morgan fingerprint density at radius 3 is 3.00 bits per heavy atom. The van der Waals surface area contributed by atoms with Crippen LogP contribution in [0.15, 0.2) is 21.3 Å². The Hall–Kier alpha value is -2.22. The minimum Gasteiger partial charge on any atom is -0.456 e. The molecule has 0 aromatic carbocycles. The summed E-state index contributed by atoms with van der Waals surface area (Å²) in [6, 6.07) is 1.88. The third-order valence-corrected chi connectivity index (χ3v) is 2.85. The van der Waals surface area contributed by atoms with Gasteiger partial charge in [0.05, 0.1) is 6.42 Å². The standard InChI is InChI=1S/C11H11N3O4S/c12-8(15)5-17-10(16)2-1-9-13-11(14-18-9)7-3-4-19-6-7/h3-4,6H,1-2,5H2,(H2,12,15). The molecule has 0 atom stereocenters. The predicted octanol–water partition coefficient (Wildman–Crippen LogP) is 0.759. The van der Waals surface area contributed by atoms with E-state index < -0.39 is 18.5 Å². The van der Waals surface area contributed by atoms with Crippen molar-refractivity contribution in [2.45, 2.75) is 12.8 Å². The van der Waals surface area contributed by atoms with Gasteiger partial charge < -0.3 is 15.0 Å². The van der Waals surface area contributed by atoms with Crippen LogP contribution in [0.3, 0.4) is 0 Å². The molecule has 0 fully saturated rings. The van der Waals surface area contributed by atoms with E-state index in [2.05, 4.69) is 14.9 Å². The lowest BCUT2D eigenvalue weighted by atomic mass is 10.3. The van der Waals surface area contributed by atoms with Crippen molar-refractivity contribution in [3.63, 3.8) is 0 Å². The molecule has 0 aliphatic rings.